The van der Waals surface area contributed by atoms with Gasteiger partial charge in [-0.05, 0) is 44.0 Å². The minimum atomic E-state index is 0.0850. The molecule has 2 saturated heterocycles. The Kier molecular flexibility index (Phi) is 6.13. The van der Waals surface area contributed by atoms with Crippen LogP contribution in [0.25, 0.3) is 11.0 Å². The van der Waals surface area contributed by atoms with E-state index < -0.39 is 0 Å². The minimum absolute atomic E-state index is 0.0850. The highest BCUT2D eigenvalue weighted by molar-refractivity contribution is 5.96. The van der Waals surface area contributed by atoms with Gasteiger partial charge in [-0.1, -0.05) is 13.0 Å². The van der Waals surface area contributed by atoms with Crippen LogP contribution >= 0.6 is 0 Å². The summed E-state index contributed by atoms with van der Waals surface area (Å²) in [5.74, 6) is 1.53. The standard InChI is InChI=1S/C24H32N8O/c1-3-9-30-12-14-31(15-13-30)23(33)18-7-6-8-19(16-18)26-21-20-17-25-29(2)22(20)28-24(27-21)32-10-4-5-11-32/h6-8,16-17H,3-5,9-15H2,1-2H3,(H,26,27,28). The molecule has 4 heterocycles. The van der Waals surface area contributed by atoms with Gasteiger partial charge in [-0.3, -0.25) is 14.4 Å². The highest BCUT2D eigenvalue weighted by Gasteiger charge is 2.22. The third kappa shape index (κ3) is 4.50. The predicted molar refractivity (Wildman–Crippen MR) is 130 cm³/mol. The van der Waals surface area contributed by atoms with Crippen LogP contribution in [0.1, 0.15) is 36.5 Å². The number of rotatable bonds is 6. The number of carbonyl (C=O) groups excluding carboxylic acids is 1. The Morgan fingerprint density at radius 1 is 1.06 bits per heavy atom. The van der Waals surface area contributed by atoms with E-state index in [-0.39, 0.29) is 5.91 Å². The first kappa shape index (κ1) is 21.6. The summed E-state index contributed by atoms with van der Waals surface area (Å²) in [5, 5.41) is 8.68. The molecule has 5 rings (SSSR count). The Labute approximate surface area is 194 Å². The molecule has 3 aromatic rings. The topological polar surface area (TPSA) is 82.4 Å². The van der Waals surface area contributed by atoms with Crippen molar-refractivity contribution >= 4 is 34.4 Å². The first-order valence-corrected chi connectivity index (χ1v) is 12.0. The second-order valence-electron chi connectivity index (χ2n) is 8.91. The Balaban J connectivity index is 1.37. The van der Waals surface area contributed by atoms with Crippen LogP contribution in [0, 0.1) is 0 Å². The number of hydrogen-bond acceptors (Lipinski definition) is 7. The first-order valence-electron chi connectivity index (χ1n) is 12.0. The van der Waals surface area contributed by atoms with Crippen molar-refractivity contribution in [2.24, 2.45) is 7.05 Å². The van der Waals surface area contributed by atoms with Gasteiger partial charge in [0.2, 0.25) is 5.95 Å². The molecule has 2 aliphatic rings. The molecule has 2 fully saturated rings. The average molecular weight is 449 g/mol. The first-order chi connectivity index (χ1) is 16.1. The van der Waals surface area contributed by atoms with Gasteiger partial charge in [0.05, 0.1) is 11.6 Å². The van der Waals surface area contributed by atoms with Gasteiger partial charge in [0.25, 0.3) is 5.91 Å². The van der Waals surface area contributed by atoms with E-state index in [1.165, 1.54) is 0 Å². The normalized spacial score (nSPS) is 17.2. The number of benzene rings is 1. The fraction of sp³-hybridized carbons (Fsp3) is 0.500. The van der Waals surface area contributed by atoms with Crippen LogP contribution in [0.3, 0.4) is 0 Å². The third-order valence-electron chi connectivity index (χ3n) is 6.54. The molecular formula is C24H32N8O. The van der Waals surface area contributed by atoms with Crippen LogP contribution in [0.5, 0.6) is 0 Å². The maximum Gasteiger partial charge on any atom is 0.254 e. The van der Waals surface area contributed by atoms with Crippen molar-refractivity contribution in [3.05, 3.63) is 36.0 Å². The van der Waals surface area contributed by atoms with Gasteiger partial charge < -0.3 is 15.1 Å². The molecular weight excluding hydrogens is 416 g/mol. The molecule has 1 N–H and O–H groups in total. The summed E-state index contributed by atoms with van der Waals surface area (Å²) in [5.41, 5.74) is 2.33. The largest absolute Gasteiger partial charge is 0.341 e. The van der Waals surface area contributed by atoms with Crippen molar-refractivity contribution in [3.8, 4) is 0 Å². The van der Waals surface area contributed by atoms with Crippen molar-refractivity contribution in [3.63, 3.8) is 0 Å². The minimum Gasteiger partial charge on any atom is -0.341 e. The van der Waals surface area contributed by atoms with Gasteiger partial charge in [0.1, 0.15) is 5.82 Å². The number of carbonyl (C=O) groups is 1. The summed E-state index contributed by atoms with van der Waals surface area (Å²) < 4.78 is 1.78. The SMILES string of the molecule is CCCN1CCN(C(=O)c2cccc(Nc3nc(N4CCCC4)nc4c3cnn4C)c2)CC1. The quantitative estimate of drug-likeness (QED) is 0.621. The molecule has 0 atom stereocenters. The maximum absolute atomic E-state index is 13.1. The average Bonchev–Trinajstić information content (AvgIpc) is 3.50. The Hall–Kier alpha value is -3.20. The second-order valence-corrected chi connectivity index (χ2v) is 8.91. The van der Waals surface area contributed by atoms with E-state index in [9.17, 15) is 4.79 Å². The fourth-order valence-corrected chi connectivity index (χ4v) is 4.70. The molecule has 2 aromatic heterocycles. The molecule has 0 spiro atoms. The van der Waals surface area contributed by atoms with Gasteiger partial charge in [0.15, 0.2) is 5.65 Å². The van der Waals surface area contributed by atoms with Crippen molar-refractivity contribution in [2.75, 3.05) is 56.0 Å². The molecule has 2 aliphatic heterocycles. The molecule has 0 unspecified atom stereocenters. The van der Waals surface area contributed by atoms with Crippen LogP contribution in [0.15, 0.2) is 30.5 Å². The maximum atomic E-state index is 13.1. The van der Waals surface area contributed by atoms with Crippen LogP contribution < -0.4 is 10.2 Å². The molecule has 174 valence electrons. The third-order valence-corrected chi connectivity index (χ3v) is 6.54. The van der Waals surface area contributed by atoms with Gasteiger partial charge in [-0.15, -0.1) is 0 Å². The van der Waals surface area contributed by atoms with Gasteiger partial charge in [0, 0.05) is 57.6 Å². The predicted octanol–water partition coefficient (Wildman–Crippen LogP) is 2.87. The Bertz CT molecular complexity index is 1130. The molecule has 33 heavy (non-hydrogen) atoms. The van der Waals surface area contributed by atoms with Gasteiger partial charge in [-0.2, -0.15) is 15.1 Å². The number of aromatic nitrogens is 4. The molecule has 0 bridgehead atoms. The number of nitrogens with one attached hydrogen (secondary N) is 1. The summed E-state index contributed by atoms with van der Waals surface area (Å²) in [4.78, 5) is 29.3. The zero-order chi connectivity index (χ0) is 22.8. The number of hydrogen-bond donors (Lipinski definition) is 1. The molecule has 0 radical (unpaired) electrons. The lowest BCUT2D eigenvalue weighted by molar-refractivity contribution is 0.0637. The zero-order valence-corrected chi connectivity index (χ0v) is 19.5. The Morgan fingerprint density at radius 3 is 2.61 bits per heavy atom. The van der Waals surface area contributed by atoms with E-state index in [0.29, 0.717) is 11.4 Å². The molecule has 9 nitrogen and oxygen atoms in total. The van der Waals surface area contributed by atoms with Crippen LogP contribution in [-0.2, 0) is 7.05 Å². The molecule has 0 saturated carbocycles. The lowest BCUT2D eigenvalue weighted by Crippen LogP contribution is -2.48. The molecule has 1 amide bonds. The smallest absolute Gasteiger partial charge is 0.254 e. The number of anilines is 3. The number of nitrogens with zero attached hydrogens (tertiary/aromatic N) is 7. The zero-order valence-electron chi connectivity index (χ0n) is 19.5. The lowest BCUT2D eigenvalue weighted by atomic mass is 10.1. The van der Waals surface area contributed by atoms with E-state index in [2.05, 4.69) is 27.1 Å². The van der Waals surface area contributed by atoms with Gasteiger partial charge >= 0.3 is 0 Å². The van der Waals surface area contributed by atoms with E-state index in [0.717, 1.165) is 87.7 Å². The summed E-state index contributed by atoms with van der Waals surface area (Å²) in [6.07, 6.45) is 5.25. The summed E-state index contributed by atoms with van der Waals surface area (Å²) in [6.45, 7) is 8.67. The molecule has 9 heteroatoms. The number of aryl methyl sites for hydroxylation is 1. The lowest BCUT2D eigenvalue weighted by Gasteiger charge is -2.34. The summed E-state index contributed by atoms with van der Waals surface area (Å²) in [7, 11) is 1.90. The van der Waals surface area contributed by atoms with Crippen molar-refractivity contribution in [2.45, 2.75) is 26.2 Å². The number of fused-ring (bicyclic) bond motifs is 1. The van der Waals surface area contributed by atoms with E-state index in [1.807, 2.05) is 36.2 Å². The van der Waals surface area contributed by atoms with Gasteiger partial charge in [-0.25, -0.2) is 0 Å². The summed E-state index contributed by atoms with van der Waals surface area (Å²) in [6, 6.07) is 7.70. The second kappa shape index (κ2) is 9.35. The number of piperazine rings is 1. The molecule has 0 aliphatic carbocycles. The van der Waals surface area contributed by atoms with Crippen LogP contribution in [0.2, 0.25) is 0 Å². The summed E-state index contributed by atoms with van der Waals surface area (Å²) >= 11 is 0. The highest BCUT2D eigenvalue weighted by atomic mass is 16.2. The molecule has 1 aromatic carbocycles. The van der Waals surface area contributed by atoms with E-state index >= 15 is 0 Å². The van der Waals surface area contributed by atoms with Crippen molar-refractivity contribution in [1.29, 1.82) is 0 Å². The Morgan fingerprint density at radius 2 is 1.85 bits per heavy atom. The number of amides is 1. The van der Waals surface area contributed by atoms with Crippen LogP contribution in [-0.4, -0.2) is 81.3 Å². The monoisotopic (exact) mass is 448 g/mol. The van der Waals surface area contributed by atoms with Crippen molar-refractivity contribution in [1.82, 2.24) is 29.5 Å². The van der Waals surface area contributed by atoms with E-state index in [4.69, 9.17) is 9.97 Å². The highest BCUT2D eigenvalue weighted by Crippen LogP contribution is 2.28. The fourth-order valence-electron chi connectivity index (χ4n) is 4.70. The van der Waals surface area contributed by atoms with Crippen molar-refractivity contribution < 1.29 is 4.79 Å². The van der Waals surface area contributed by atoms with E-state index in [1.54, 1.807) is 10.9 Å². The van der Waals surface area contributed by atoms with Crippen LogP contribution in [0.4, 0.5) is 17.5 Å².